The van der Waals surface area contributed by atoms with E-state index in [9.17, 15) is 4.79 Å². The van der Waals surface area contributed by atoms with Crippen LogP contribution in [0.1, 0.15) is 32.1 Å². The SMILES string of the molecule is O=C(CCCCCCNc1nc(-c2ccccc2)cc(-c2ccoc2)n1)NO. The van der Waals surface area contributed by atoms with Crippen molar-refractivity contribution in [1.29, 1.82) is 0 Å². The van der Waals surface area contributed by atoms with Crippen molar-refractivity contribution < 1.29 is 14.4 Å². The predicted octanol–water partition coefficient (Wildman–Crippen LogP) is 4.27. The average Bonchev–Trinajstić information content (AvgIpc) is 3.28. The number of rotatable bonds is 10. The number of anilines is 1. The molecule has 146 valence electrons. The molecular weight excluding hydrogens is 356 g/mol. The minimum Gasteiger partial charge on any atom is -0.472 e. The van der Waals surface area contributed by atoms with Crippen LogP contribution >= 0.6 is 0 Å². The highest BCUT2D eigenvalue weighted by Crippen LogP contribution is 2.25. The molecule has 0 saturated heterocycles. The number of nitrogens with zero attached hydrogens (tertiary/aromatic N) is 2. The molecule has 3 rings (SSSR count). The van der Waals surface area contributed by atoms with Crippen LogP contribution in [0.5, 0.6) is 0 Å². The third-order valence-corrected chi connectivity index (χ3v) is 4.35. The Morgan fingerprint density at radius 3 is 2.43 bits per heavy atom. The smallest absolute Gasteiger partial charge is 0.243 e. The number of hydrogen-bond acceptors (Lipinski definition) is 6. The lowest BCUT2D eigenvalue weighted by molar-refractivity contribution is -0.129. The van der Waals surface area contributed by atoms with Crippen molar-refractivity contribution in [2.24, 2.45) is 0 Å². The molecule has 2 heterocycles. The number of nitrogens with one attached hydrogen (secondary N) is 2. The van der Waals surface area contributed by atoms with Crippen LogP contribution in [0.2, 0.25) is 0 Å². The number of amides is 1. The Hall–Kier alpha value is -3.19. The first kappa shape index (κ1) is 19.6. The van der Waals surface area contributed by atoms with Crippen LogP contribution in [0.25, 0.3) is 22.5 Å². The second-order valence-corrected chi connectivity index (χ2v) is 6.47. The van der Waals surface area contributed by atoms with Gasteiger partial charge < -0.3 is 9.73 Å². The van der Waals surface area contributed by atoms with Crippen LogP contribution in [0, 0.1) is 0 Å². The number of aromatic nitrogens is 2. The second kappa shape index (κ2) is 10.2. The molecule has 1 aromatic carbocycles. The topological polar surface area (TPSA) is 100 Å². The van der Waals surface area contributed by atoms with Gasteiger partial charge in [-0.25, -0.2) is 15.4 Å². The molecule has 0 saturated carbocycles. The highest BCUT2D eigenvalue weighted by Gasteiger charge is 2.09. The van der Waals surface area contributed by atoms with E-state index in [1.54, 1.807) is 18.0 Å². The van der Waals surface area contributed by atoms with E-state index in [1.807, 2.05) is 42.5 Å². The Labute approximate surface area is 163 Å². The zero-order chi connectivity index (χ0) is 19.6. The van der Waals surface area contributed by atoms with Gasteiger partial charge in [-0.05, 0) is 25.0 Å². The van der Waals surface area contributed by atoms with E-state index in [4.69, 9.17) is 9.62 Å². The van der Waals surface area contributed by atoms with Gasteiger partial charge in [-0.2, -0.15) is 0 Å². The van der Waals surface area contributed by atoms with Crippen molar-refractivity contribution in [3.63, 3.8) is 0 Å². The molecular formula is C21H24N4O3. The minimum absolute atomic E-state index is 0.337. The second-order valence-electron chi connectivity index (χ2n) is 6.47. The van der Waals surface area contributed by atoms with Crippen LogP contribution in [-0.4, -0.2) is 27.6 Å². The molecule has 7 nitrogen and oxygen atoms in total. The molecule has 0 aliphatic rings. The molecule has 0 aliphatic carbocycles. The van der Waals surface area contributed by atoms with Gasteiger partial charge in [-0.15, -0.1) is 0 Å². The molecule has 0 atom stereocenters. The first-order valence-corrected chi connectivity index (χ1v) is 9.40. The van der Waals surface area contributed by atoms with E-state index < -0.39 is 0 Å². The van der Waals surface area contributed by atoms with Crippen LogP contribution < -0.4 is 10.8 Å². The van der Waals surface area contributed by atoms with Gasteiger partial charge in [0.15, 0.2) is 0 Å². The standard InChI is InChI=1S/C21H24N4O3/c26-20(25-27)10-6-1-2-7-12-22-21-23-18(16-8-4-3-5-9-16)14-19(24-21)17-11-13-28-15-17/h3-5,8-9,11,13-15,27H,1-2,6-7,10,12H2,(H,25,26)(H,22,23,24). The van der Waals surface area contributed by atoms with Gasteiger partial charge in [-0.3, -0.25) is 10.0 Å². The van der Waals surface area contributed by atoms with Gasteiger partial charge >= 0.3 is 0 Å². The first-order valence-electron chi connectivity index (χ1n) is 9.40. The highest BCUT2D eigenvalue weighted by atomic mass is 16.5. The maximum Gasteiger partial charge on any atom is 0.243 e. The highest BCUT2D eigenvalue weighted by molar-refractivity contribution is 5.74. The summed E-state index contributed by atoms with van der Waals surface area (Å²) in [6, 6.07) is 13.8. The Balaban J connectivity index is 1.61. The summed E-state index contributed by atoms with van der Waals surface area (Å²) in [5, 5.41) is 11.8. The number of carbonyl (C=O) groups is 1. The van der Waals surface area contributed by atoms with Crippen LogP contribution in [0.3, 0.4) is 0 Å². The van der Waals surface area contributed by atoms with Gasteiger partial charge in [0.25, 0.3) is 0 Å². The molecule has 3 N–H and O–H groups in total. The summed E-state index contributed by atoms with van der Waals surface area (Å²) >= 11 is 0. The zero-order valence-corrected chi connectivity index (χ0v) is 15.6. The van der Waals surface area contributed by atoms with Crippen molar-refractivity contribution in [1.82, 2.24) is 15.4 Å². The van der Waals surface area contributed by atoms with Gasteiger partial charge in [0, 0.05) is 24.1 Å². The molecule has 0 unspecified atom stereocenters. The molecule has 0 spiro atoms. The number of hydrogen-bond donors (Lipinski definition) is 3. The molecule has 0 bridgehead atoms. The minimum atomic E-state index is -0.337. The van der Waals surface area contributed by atoms with E-state index in [-0.39, 0.29) is 5.91 Å². The molecule has 1 amide bonds. The van der Waals surface area contributed by atoms with E-state index in [2.05, 4.69) is 15.3 Å². The largest absolute Gasteiger partial charge is 0.472 e. The fourth-order valence-electron chi connectivity index (χ4n) is 2.86. The van der Waals surface area contributed by atoms with Crippen molar-refractivity contribution in [2.45, 2.75) is 32.1 Å². The quantitative estimate of drug-likeness (QED) is 0.276. The van der Waals surface area contributed by atoms with Gasteiger partial charge in [0.2, 0.25) is 11.9 Å². The maximum atomic E-state index is 11.0. The van der Waals surface area contributed by atoms with E-state index in [0.717, 1.165) is 54.7 Å². The predicted molar refractivity (Wildman–Crippen MR) is 107 cm³/mol. The van der Waals surface area contributed by atoms with Crippen molar-refractivity contribution in [3.05, 3.63) is 55.0 Å². The van der Waals surface area contributed by atoms with E-state index in [0.29, 0.717) is 12.4 Å². The van der Waals surface area contributed by atoms with Crippen LogP contribution in [0.4, 0.5) is 5.95 Å². The number of furan rings is 1. The molecule has 0 fully saturated rings. The molecule has 2 aromatic heterocycles. The Bertz CT molecular complexity index is 867. The lowest BCUT2D eigenvalue weighted by atomic mass is 10.1. The average molecular weight is 380 g/mol. The van der Waals surface area contributed by atoms with Gasteiger partial charge in [0.05, 0.1) is 23.9 Å². The summed E-state index contributed by atoms with van der Waals surface area (Å²) in [7, 11) is 0. The normalized spacial score (nSPS) is 10.6. The Morgan fingerprint density at radius 2 is 1.71 bits per heavy atom. The van der Waals surface area contributed by atoms with Crippen LogP contribution in [0.15, 0.2) is 59.4 Å². The summed E-state index contributed by atoms with van der Waals surface area (Å²) in [6.07, 6.45) is 7.27. The summed E-state index contributed by atoms with van der Waals surface area (Å²) in [5.41, 5.74) is 5.24. The monoisotopic (exact) mass is 380 g/mol. The number of benzene rings is 1. The molecule has 0 aliphatic heterocycles. The lowest BCUT2D eigenvalue weighted by Gasteiger charge is -2.09. The summed E-state index contributed by atoms with van der Waals surface area (Å²) < 4.78 is 5.19. The van der Waals surface area contributed by atoms with E-state index in [1.165, 1.54) is 0 Å². The Morgan fingerprint density at radius 1 is 0.964 bits per heavy atom. The number of hydroxylamine groups is 1. The van der Waals surface area contributed by atoms with Crippen molar-refractivity contribution in [3.8, 4) is 22.5 Å². The molecule has 0 radical (unpaired) electrons. The third kappa shape index (κ3) is 5.65. The first-order chi connectivity index (χ1) is 13.8. The van der Waals surface area contributed by atoms with Crippen molar-refractivity contribution in [2.75, 3.05) is 11.9 Å². The van der Waals surface area contributed by atoms with Gasteiger partial charge in [0.1, 0.15) is 0 Å². The molecule has 3 aromatic rings. The number of carbonyl (C=O) groups excluding carboxylic acids is 1. The molecule has 28 heavy (non-hydrogen) atoms. The summed E-state index contributed by atoms with van der Waals surface area (Å²) in [4.78, 5) is 20.2. The zero-order valence-electron chi connectivity index (χ0n) is 15.6. The maximum absolute atomic E-state index is 11.0. The van der Waals surface area contributed by atoms with Gasteiger partial charge in [-0.1, -0.05) is 43.2 Å². The van der Waals surface area contributed by atoms with Crippen LogP contribution in [-0.2, 0) is 4.79 Å². The lowest BCUT2D eigenvalue weighted by Crippen LogP contribution is -2.17. The summed E-state index contributed by atoms with van der Waals surface area (Å²) in [6.45, 7) is 0.745. The fraction of sp³-hybridized carbons (Fsp3) is 0.286. The van der Waals surface area contributed by atoms with E-state index >= 15 is 0 Å². The summed E-state index contributed by atoms with van der Waals surface area (Å²) in [5.74, 6) is 0.244. The number of unbranched alkanes of at least 4 members (excludes halogenated alkanes) is 3. The van der Waals surface area contributed by atoms with Crippen molar-refractivity contribution >= 4 is 11.9 Å². The fourth-order valence-corrected chi connectivity index (χ4v) is 2.86. The Kier molecular flexibility index (Phi) is 7.14. The third-order valence-electron chi connectivity index (χ3n) is 4.35. The molecule has 7 heteroatoms.